The first-order valence-corrected chi connectivity index (χ1v) is 7.21. The minimum absolute atomic E-state index is 0.140. The summed E-state index contributed by atoms with van der Waals surface area (Å²) in [6.07, 6.45) is 2.76. The molecule has 0 aliphatic carbocycles. The summed E-state index contributed by atoms with van der Waals surface area (Å²) >= 11 is 1.71. The molecule has 1 N–H and O–H groups in total. The molecule has 1 unspecified atom stereocenters. The molecule has 1 fully saturated rings. The summed E-state index contributed by atoms with van der Waals surface area (Å²) in [6.45, 7) is 9.35. The van der Waals surface area contributed by atoms with E-state index >= 15 is 0 Å². The van der Waals surface area contributed by atoms with Gasteiger partial charge < -0.3 is 10.1 Å². The highest BCUT2D eigenvalue weighted by molar-refractivity contribution is 7.09. The van der Waals surface area contributed by atoms with Crippen LogP contribution in [0.2, 0.25) is 0 Å². The Bertz CT molecular complexity index is 351. The minimum atomic E-state index is 0.140. The van der Waals surface area contributed by atoms with Crippen molar-refractivity contribution < 1.29 is 4.74 Å². The second-order valence-corrected chi connectivity index (χ2v) is 6.60. The van der Waals surface area contributed by atoms with Crippen LogP contribution in [0.4, 0.5) is 0 Å². The van der Waals surface area contributed by atoms with E-state index in [1.807, 2.05) is 0 Å². The van der Waals surface area contributed by atoms with Crippen LogP contribution in [0.5, 0.6) is 0 Å². The maximum Gasteiger partial charge on any atom is 0.119 e. The molecule has 96 valence electrons. The van der Waals surface area contributed by atoms with E-state index in [4.69, 9.17) is 4.74 Å². The molecule has 1 aromatic heterocycles. The van der Waals surface area contributed by atoms with Crippen LogP contribution in [0, 0.1) is 0 Å². The second kappa shape index (κ2) is 5.46. The standard InChI is InChI=1S/C13H22N2OS/c1-13(2,3)11-9-17-12(15-11)8-16-10-5-4-6-14-7-10/h9-10,14H,4-8H2,1-3H3. The number of aromatic nitrogens is 1. The van der Waals surface area contributed by atoms with Crippen molar-refractivity contribution in [3.63, 3.8) is 0 Å². The number of nitrogens with zero attached hydrogens (tertiary/aromatic N) is 1. The van der Waals surface area contributed by atoms with E-state index in [1.165, 1.54) is 18.5 Å². The van der Waals surface area contributed by atoms with E-state index in [9.17, 15) is 0 Å². The van der Waals surface area contributed by atoms with Crippen molar-refractivity contribution in [3.05, 3.63) is 16.1 Å². The predicted octanol–water partition coefficient (Wildman–Crippen LogP) is 2.71. The van der Waals surface area contributed by atoms with Gasteiger partial charge in [-0.1, -0.05) is 20.8 Å². The van der Waals surface area contributed by atoms with Gasteiger partial charge in [-0.25, -0.2) is 4.98 Å². The van der Waals surface area contributed by atoms with Crippen LogP contribution in [0.15, 0.2) is 5.38 Å². The fourth-order valence-corrected chi connectivity index (χ4v) is 2.81. The smallest absolute Gasteiger partial charge is 0.119 e. The average Bonchev–Trinajstić information content (AvgIpc) is 2.76. The van der Waals surface area contributed by atoms with Crippen LogP contribution in [-0.2, 0) is 16.8 Å². The molecule has 1 aliphatic heterocycles. The molecule has 0 bridgehead atoms. The zero-order valence-corrected chi connectivity index (χ0v) is 11.8. The van der Waals surface area contributed by atoms with Crippen LogP contribution >= 0.6 is 11.3 Å². The van der Waals surface area contributed by atoms with Crippen LogP contribution in [-0.4, -0.2) is 24.2 Å². The van der Waals surface area contributed by atoms with Crippen molar-refractivity contribution in [1.82, 2.24) is 10.3 Å². The average molecular weight is 254 g/mol. The lowest BCUT2D eigenvalue weighted by molar-refractivity contribution is 0.0251. The molecule has 4 heteroatoms. The number of nitrogens with one attached hydrogen (secondary N) is 1. The summed E-state index contributed by atoms with van der Waals surface area (Å²) in [5.74, 6) is 0. The quantitative estimate of drug-likeness (QED) is 0.900. The van der Waals surface area contributed by atoms with E-state index in [2.05, 4.69) is 36.5 Å². The summed E-state index contributed by atoms with van der Waals surface area (Å²) in [5, 5.41) is 6.61. The fraction of sp³-hybridized carbons (Fsp3) is 0.769. The monoisotopic (exact) mass is 254 g/mol. The second-order valence-electron chi connectivity index (χ2n) is 5.66. The van der Waals surface area contributed by atoms with Gasteiger partial charge in [-0.15, -0.1) is 11.3 Å². The fourth-order valence-electron chi connectivity index (χ4n) is 1.87. The molecule has 0 amide bonds. The van der Waals surface area contributed by atoms with Gasteiger partial charge in [-0.2, -0.15) is 0 Å². The minimum Gasteiger partial charge on any atom is -0.370 e. The van der Waals surface area contributed by atoms with E-state index in [0.717, 1.165) is 18.1 Å². The van der Waals surface area contributed by atoms with Crippen LogP contribution < -0.4 is 5.32 Å². The Balaban J connectivity index is 1.84. The van der Waals surface area contributed by atoms with E-state index in [-0.39, 0.29) is 5.41 Å². The lowest BCUT2D eigenvalue weighted by Gasteiger charge is -2.22. The molecule has 2 heterocycles. The highest BCUT2D eigenvalue weighted by Crippen LogP contribution is 2.24. The molecule has 1 aliphatic rings. The Morgan fingerprint density at radius 3 is 2.94 bits per heavy atom. The van der Waals surface area contributed by atoms with Crippen LogP contribution in [0.3, 0.4) is 0 Å². The van der Waals surface area contributed by atoms with Crippen LogP contribution in [0.25, 0.3) is 0 Å². The summed E-state index contributed by atoms with van der Waals surface area (Å²) in [6, 6.07) is 0. The summed E-state index contributed by atoms with van der Waals surface area (Å²) in [4.78, 5) is 4.64. The highest BCUT2D eigenvalue weighted by atomic mass is 32.1. The van der Waals surface area contributed by atoms with Gasteiger partial charge >= 0.3 is 0 Å². The summed E-state index contributed by atoms with van der Waals surface area (Å²) < 4.78 is 5.88. The zero-order chi connectivity index (χ0) is 12.3. The third-order valence-corrected chi connectivity index (χ3v) is 3.84. The van der Waals surface area contributed by atoms with Gasteiger partial charge in [-0.3, -0.25) is 0 Å². The molecule has 0 radical (unpaired) electrons. The van der Waals surface area contributed by atoms with Crippen molar-refractivity contribution in [2.45, 2.75) is 51.7 Å². The van der Waals surface area contributed by atoms with Gasteiger partial charge in [0.25, 0.3) is 0 Å². The molecule has 1 atom stereocenters. The van der Waals surface area contributed by atoms with Crippen molar-refractivity contribution in [1.29, 1.82) is 0 Å². The van der Waals surface area contributed by atoms with Gasteiger partial charge in [0, 0.05) is 17.3 Å². The normalized spacial score (nSPS) is 21.7. The SMILES string of the molecule is CC(C)(C)c1csc(COC2CCCNC2)n1. The number of hydrogen-bond donors (Lipinski definition) is 1. The third-order valence-electron chi connectivity index (χ3n) is 3.01. The lowest BCUT2D eigenvalue weighted by atomic mass is 9.93. The summed E-state index contributed by atoms with van der Waals surface area (Å²) in [5.41, 5.74) is 1.31. The number of hydrogen-bond acceptors (Lipinski definition) is 4. The molecule has 17 heavy (non-hydrogen) atoms. The van der Waals surface area contributed by atoms with Crippen LogP contribution in [0.1, 0.15) is 44.3 Å². The largest absolute Gasteiger partial charge is 0.370 e. The van der Waals surface area contributed by atoms with Crippen molar-refractivity contribution in [2.24, 2.45) is 0 Å². The number of piperidine rings is 1. The first-order chi connectivity index (χ1) is 8.05. The Morgan fingerprint density at radius 1 is 1.53 bits per heavy atom. The maximum absolute atomic E-state index is 5.88. The number of ether oxygens (including phenoxy) is 1. The van der Waals surface area contributed by atoms with Gasteiger partial charge in [0.15, 0.2) is 0 Å². The molecular formula is C13H22N2OS. The molecule has 3 nitrogen and oxygen atoms in total. The predicted molar refractivity (Wildman–Crippen MR) is 71.5 cm³/mol. The number of thiazole rings is 1. The highest BCUT2D eigenvalue weighted by Gasteiger charge is 2.18. The number of rotatable bonds is 3. The molecule has 0 spiro atoms. The first kappa shape index (κ1) is 13.0. The van der Waals surface area contributed by atoms with Crippen molar-refractivity contribution >= 4 is 11.3 Å². The zero-order valence-electron chi connectivity index (χ0n) is 11.0. The van der Waals surface area contributed by atoms with Gasteiger partial charge in [0.1, 0.15) is 5.01 Å². The third kappa shape index (κ3) is 3.76. The maximum atomic E-state index is 5.88. The molecule has 1 saturated heterocycles. The summed E-state index contributed by atoms with van der Waals surface area (Å²) in [7, 11) is 0. The molecular weight excluding hydrogens is 232 g/mol. The molecule has 0 aromatic carbocycles. The lowest BCUT2D eigenvalue weighted by Crippen LogP contribution is -2.35. The van der Waals surface area contributed by atoms with Gasteiger partial charge in [-0.05, 0) is 19.4 Å². The van der Waals surface area contributed by atoms with Gasteiger partial charge in [0.05, 0.1) is 18.4 Å². The van der Waals surface area contributed by atoms with Crippen molar-refractivity contribution in [2.75, 3.05) is 13.1 Å². The van der Waals surface area contributed by atoms with Crippen molar-refractivity contribution in [3.8, 4) is 0 Å². The topological polar surface area (TPSA) is 34.1 Å². The van der Waals surface area contributed by atoms with E-state index in [1.54, 1.807) is 11.3 Å². The Morgan fingerprint density at radius 2 is 2.35 bits per heavy atom. The molecule has 2 rings (SSSR count). The first-order valence-electron chi connectivity index (χ1n) is 6.33. The van der Waals surface area contributed by atoms with E-state index in [0.29, 0.717) is 12.7 Å². The Hall–Kier alpha value is -0.450. The van der Waals surface area contributed by atoms with E-state index < -0.39 is 0 Å². The molecule has 1 aromatic rings. The van der Waals surface area contributed by atoms with Gasteiger partial charge in [0.2, 0.25) is 0 Å². The molecule has 0 saturated carbocycles. The Kier molecular flexibility index (Phi) is 4.17. The Labute approximate surface area is 108 Å².